The molecular weight excluding hydrogens is 352 g/mol. The highest BCUT2D eigenvalue weighted by atomic mass is 16.7. The Morgan fingerprint density at radius 2 is 2.04 bits per heavy atom. The normalized spacial score (nSPS) is 27.6. The fourth-order valence-corrected chi connectivity index (χ4v) is 5.07. The molecule has 5 rings (SSSR count). The van der Waals surface area contributed by atoms with Gasteiger partial charge in [0.05, 0.1) is 6.61 Å². The van der Waals surface area contributed by atoms with Gasteiger partial charge in [-0.2, -0.15) is 0 Å². The number of likely N-dealkylation sites (tertiary alicyclic amines) is 1. The predicted octanol–water partition coefficient (Wildman–Crippen LogP) is 3.40. The van der Waals surface area contributed by atoms with Crippen molar-refractivity contribution in [3.05, 3.63) is 29.3 Å². The van der Waals surface area contributed by atoms with Gasteiger partial charge in [0.15, 0.2) is 0 Å². The second-order valence-corrected chi connectivity index (χ2v) is 9.11. The summed E-state index contributed by atoms with van der Waals surface area (Å²) in [6, 6.07) is 7.43. The molecule has 5 heteroatoms. The molecule has 1 saturated carbocycles. The lowest BCUT2D eigenvalue weighted by atomic mass is 9.89. The SMILES string of the molecule is O=C1CCC(CCc2ccc3c(c2)COC2(CCN(C4CCC4)CC2)O3)CN1. The van der Waals surface area contributed by atoms with Gasteiger partial charge in [-0.15, -0.1) is 0 Å². The quantitative estimate of drug-likeness (QED) is 0.864. The molecule has 1 amide bonds. The lowest BCUT2D eigenvalue weighted by Crippen LogP contribution is -2.54. The number of hydrogen-bond acceptors (Lipinski definition) is 4. The number of nitrogens with zero attached hydrogens (tertiary/aromatic N) is 1. The third-order valence-electron chi connectivity index (χ3n) is 7.27. The molecule has 1 aromatic rings. The van der Waals surface area contributed by atoms with E-state index < -0.39 is 5.79 Å². The number of carbonyl (C=O) groups is 1. The number of hydrogen-bond donors (Lipinski definition) is 1. The summed E-state index contributed by atoms with van der Waals surface area (Å²) in [5.41, 5.74) is 2.53. The van der Waals surface area contributed by atoms with Crippen molar-refractivity contribution in [2.75, 3.05) is 19.6 Å². The summed E-state index contributed by atoms with van der Waals surface area (Å²) in [5, 5.41) is 2.99. The molecule has 2 saturated heterocycles. The number of benzene rings is 1. The zero-order chi connectivity index (χ0) is 19.0. The number of aryl methyl sites for hydroxylation is 1. The zero-order valence-electron chi connectivity index (χ0n) is 16.8. The second kappa shape index (κ2) is 7.68. The van der Waals surface area contributed by atoms with Crippen LogP contribution < -0.4 is 10.1 Å². The number of nitrogens with one attached hydrogen (secondary N) is 1. The van der Waals surface area contributed by atoms with E-state index in [4.69, 9.17) is 9.47 Å². The molecule has 1 aromatic carbocycles. The van der Waals surface area contributed by atoms with E-state index in [1.165, 1.54) is 30.4 Å². The van der Waals surface area contributed by atoms with Crippen molar-refractivity contribution in [1.29, 1.82) is 0 Å². The Morgan fingerprint density at radius 1 is 1.18 bits per heavy atom. The van der Waals surface area contributed by atoms with Crippen molar-refractivity contribution in [3.63, 3.8) is 0 Å². The summed E-state index contributed by atoms with van der Waals surface area (Å²) in [7, 11) is 0. The summed E-state index contributed by atoms with van der Waals surface area (Å²) in [6.07, 6.45) is 9.94. The minimum absolute atomic E-state index is 0.201. The van der Waals surface area contributed by atoms with Crippen LogP contribution in [-0.2, 0) is 22.6 Å². The highest BCUT2D eigenvalue weighted by Crippen LogP contribution is 2.39. The summed E-state index contributed by atoms with van der Waals surface area (Å²) in [4.78, 5) is 13.9. The molecule has 1 aliphatic carbocycles. The molecule has 1 atom stereocenters. The largest absolute Gasteiger partial charge is 0.462 e. The number of carbonyl (C=O) groups excluding carboxylic acids is 1. The van der Waals surface area contributed by atoms with Crippen molar-refractivity contribution in [2.45, 2.75) is 76.2 Å². The number of ether oxygens (including phenoxy) is 2. The van der Waals surface area contributed by atoms with Crippen LogP contribution in [0.5, 0.6) is 5.75 Å². The number of rotatable bonds is 4. The van der Waals surface area contributed by atoms with Gasteiger partial charge < -0.3 is 14.8 Å². The Kier molecular flexibility index (Phi) is 5.06. The summed E-state index contributed by atoms with van der Waals surface area (Å²) < 4.78 is 12.7. The van der Waals surface area contributed by atoms with E-state index in [0.717, 1.165) is 63.5 Å². The van der Waals surface area contributed by atoms with Gasteiger partial charge in [0.25, 0.3) is 0 Å². The maximum Gasteiger partial charge on any atom is 0.220 e. The first kappa shape index (κ1) is 18.4. The van der Waals surface area contributed by atoms with Crippen molar-refractivity contribution in [1.82, 2.24) is 10.2 Å². The average molecular weight is 385 g/mol. The predicted molar refractivity (Wildman–Crippen MR) is 107 cm³/mol. The molecule has 28 heavy (non-hydrogen) atoms. The molecule has 152 valence electrons. The minimum Gasteiger partial charge on any atom is -0.462 e. The number of amides is 1. The molecule has 3 aliphatic heterocycles. The van der Waals surface area contributed by atoms with Gasteiger partial charge >= 0.3 is 0 Å². The van der Waals surface area contributed by atoms with Crippen LogP contribution in [0.15, 0.2) is 18.2 Å². The standard InChI is InChI=1S/C23H32N2O3/c26-22-9-7-18(15-24-22)5-4-17-6-8-21-19(14-17)16-27-23(28-21)10-12-25(13-11-23)20-2-1-3-20/h6,8,14,18,20H,1-5,7,9-13,15-16H2,(H,24,26). The van der Waals surface area contributed by atoms with Crippen LogP contribution >= 0.6 is 0 Å². The molecule has 1 N–H and O–H groups in total. The van der Waals surface area contributed by atoms with Gasteiger partial charge in [0.2, 0.25) is 11.7 Å². The smallest absolute Gasteiger partial charge is 0.220 e. The first-order valence-electron chi connectivity index (χ1n) is 11.1. The van der Waals surface area contributed by atoms with Crippen LogP contribution in [0, 0.1) is 5.92 Å². The van der Waals surface area contributed by atoms with E-state index in [1.807, 2.05) is 0 Å². The molecule has 4 aliphatic rings. The second-order valence-electron chi connectivity index (χ2n) is 9.11. The van der Waals surface area contributed by atoms with E-state index in [9.17, 15) is 4.79 Å². The lowest BCUT2D eigenvalue weighted by Gasteiger charge is -2.47. The van der Waals surface area contributed by atoms with Gasteiger partial charge in [-0.3, -0.25) is 9.69 Å². The van der Waals surface area contributed by atoms with Crippen LogP contribution in [0.25, 0.3) is 0 Å². The summed E-state index contributed by atoms with van der Waals surface area (Å²) in [5.74, 6) is 1.41. The third kappa shape index (κ3) is 3.79. The molecule has 0 aromatic heterocycles. The average Bonchev–Trinajstić information content (AvgIpc) is 2.68. The third-order valence-corrected chi connectivity index (χ3v) is 7.27. The highest BCUT2D eigenvalue weighted by molar-refractivity contribution is 5.76. The van der Waals surface area contributed by atoms with E-state index in [-0.39, 0.29) is 5.91 Å². The highest BCUT2D eigenvalue weighted by Gasteiger charge is 2.42. The van der Waals surface area contributed by atoms with Gasteiger partial charge in [-0.1, -0.05) is 12.5 Å². The monoisotopic (exact) mass is 384 g/mol. The van der Waals surface area contributed by atoms with Crippen LogP contribution in [0.2, 0.25) is 0 Å². The van der Waals surface area contributed by atoms with Crippen LogP contribution in [0.1, 0.15) is 62.5 Å². The minimum atomic E-state index is -0.408. The molecule has 1 spiro atoms. The fourth-order valence-electron chi connectivity index (χ4n) is 5.07. The maximum atomic E-state index is 11.3. The molecule has 3 fully saturated rings. The fraction of sp³-hybridized carbons (Fsp3) is 0.696. The van der Waals surface area contributed by atoms with Crippen LogP contribution in [-0.4, -0.2) is 42.3 Å². The topological polar surface area (TPSA) is 50.8 Å². The molecule has 3 heterocycles. The Hall–Kier alpha value is -1.59. The maximum absolute atomic E-state index is 11.3. The van der Waals surface area contributed by atoms with Crippen molar-refractivity contribution in [3.8, 4) is 5.75 Å². The number of fused-ring (bicyclic) bond motifs is 1. The first-order valence-corrected chi connectivity index (χ1v) is 11.1. The van der Waals surface area contributed by atoms with E-state index in [1.54, 1.807) is 0 Å². The van der Waals surface area contributed by atoms with Crippen LogP contribution in [0.4, 0.5) is 0 Å². The molecule has 0 bridgehead atoms. The molecule has 5 nitrogen and oxygen atoms in total. The zero-order valence-corrected chi connectivity index (χ0v) is 16.8. The van der Waals surface area contributed by atoms with Crippen molar-refractivity contribution in [2.24, 2.45) is 5.92 Å². The molecule has 0 radical (unpaired) electrons. The van der Waals surface area contributed by atoms with Gasteiger partial charge in [-0.25, -0.2) is 0 Å². The Labute approximate surface area is 167 Å². The van der Waals surface area contributed by atoms with Gasteiger partial charge in [-0.05, 0) is 55.7 Å². The van der Waals surface area contributed by atoms with Gasteiger partial charge in [0, 0.05) is 50.5 Å². The van der Waals surface area contributed by atoms with E-state index in [0.29, 0.717) is 18.9 Å². The Bertz CT molecular complexity index is 713. The van der Waals surface area contributed by atoms with Crippen molar-refractivity contribution >= 4 is 5.91 Å². The van der Waals surface area contributed by atoms with Gasteiger partial charge in [0.1, 0.15) is 5.75 Å². The van der Waals surface area contributed by atoms with E-state index >= 15 is 0 Å². The summed E-state index contributed by atoms with van der Waals surface area (Å²) in [6.45, 7) is 3.68. The molecular formula is C23H32N2O3. The summed E-state index contributed by atoms with van der Waals surface area (Å²) >= 11 is 0. The van der Waals surface area contributed by atoms with E-state index in [2.05, 4.69) is 28.4 Å². The van der Waals surface area contributed by atoms with Crippen molar-refractivity contribution < 1.29 is 14.3 Å². The number of piperidine rings is 2. The lowest BCUT2D eigenvalue weighted by molar-refractivity contribution is -0.231. The Morgan fingerprint density at radius 3 is 2.75 bits per heavy atom. The molecule has 1 unspecified atom stereocenters. The first-order chi connectivity index (χ1) is 13.7. The van der Waals surface area contributed by atoms with Crippen LogP contribution in [0.3, 0.4) is 0 Å². The Balaban J connectivity index is 1.16.